The van der Waals surface area contributed by atoms with Crippen molar-refractivity contribution in [2.45, 2.75) is 6.16 Å². The molecule has 21 heavy (non-hydrogen) atoms. The first kappa shape index (κ1) is 12.8. The van der Waals surface area contributed by atoms with E-state index in [9.17, 15) is 0 Å². The van der Waals surface area contributed by atoms with Crippen LogP contribution in [0.1, 0.15) is 5.56 Å². The van der Waals surface area contributed by atoms with Gasteiger partial charge in [-0.1, -0.05) is 66.7 Å². The van der Waals surface area contributed by atoms with Gasteiger partial charge in [-0.25, -0.2) is 0 Å². The molecule has 1 aliphatic heterocycles. The van der Waals surface area contributed by atoms with Crippen molar-refractivity contribution in [3.05, 3.63) is 84.4 Å². The van der Waals surface area contributed by atoms with Gasteiger partial charge in [-0.2, -0.15) is 0 Å². The van der Waals surface area contributed by atoms with Crippen molar-refractivity contribution in [3.8, 4) is 11.1 Å². The number of hydrogen-bond acceptors (Lipinski definition) is 0. The van der Waals surface area contributed by atoms with E-state index in [1.165, 1.54) is 16.7 Å². The Kier molecular flexibility index (Phi) is 2.94. The third kappa shape index (κ3) is 1.94. The molecule has 0 saturated heterocycles. The van der Waals surface area contributed by atoms with Gasteiger partial charge in [0.05, 0.1) is 20.1 Å². The minimum Gasteiger partial charge on any atom is -0.0622 e. The number of fused-ring (bicyclic) bond motifs is 3. The molecule has 0 N–H and O–H groups in total. The van der Waals surface area contributed by atoms with Crippen LogP contribution in [-0.4, -0.2) is 6.66 Å². The first-order chi connectivity index (χ1) is 10.3. The lowest BCUT2D eigenvalue weighted by atomic mass is 10.1. The number of benzene rings is 3. The van der Waals surface area contributed by atoms with Gasteiger partial charge < -0.3 is 0 Å². The predicted octanol–water partition coefficient (Wildman–Crippen LogP) is 4.47. The third-order valence-electron chi connectivity index (χ3n) is 4.50. The van der Waals surface area contributed by atoms with Gasteiger partial charge in [-0.05, 0) is 17.7 Å². The second-order valence-electron chi connectivity index (χ2n) is 5.87. The van der Waals surface area contributed by atoms with Crippen LogP contribution in [0.3, 0.4) is 0 Å². The quantitative estimate of drug-likeness (QED) is 0.611. The first-order valence-corrected chi connectivity index (χ1v) is 9.80. The van der Waals surface area contributed by atoms with Gasteiger partial charge in [-0.3, -0.25) is 0 Å². The molecule has 102 valence electrons. The topological polar surface area (TPSA) is 0 Å². The summed E-state index contributed by atoms with van der Waals surface area (Å²) in [5.41, 5.74) is 4.33. The molecular formula is C20H18P+. The fourth-order valence-corrected chi connectivity index (χ4v) is 7.34. The summed E-state index contributed by atoms with van der Waals surface area (Å²) in [7, 11) is -1.32. The molecule has 3 aromatic rings. The average molecular weight is 289 g/mol. The van der Waals surface area contributed by atoms with Crippen molar-refractivity contribution in [3.63, 3.8) is 0 Å². The van der Waals surface area contributed by atoms with E-state index in [1.807, 2.05) is 0 Å². The molecule has 3 aromatic carbocycles. The van der Waals surface area contributed by atoms with Crippen molar-refractivity contribution >= 4 is 17.9 Å². The summed E-state index contributed by atoms with van der Waals surface area (Å²) >= 11 is 0. The molecule has 1 aliphatic rings. The smallest absolute Gasteiger partial charge is 0.0622 e. The van der Waals surface area contributed by atoms with Crippen LogP contribution >= 0.6 is 7.26 Å². The number of hydrogen-bond donors (Lipinski definition) is 0. The van der Waals surface area contributed by atoms with Gasteiger partial charge in [-0.15, -0.1) is 0 Å². The fourth-order valence-electron chi connectivity index (χ4n) is 3.51. The summed E-state index contributed by atoms with van der Waals surface area (Å²) in [4.78, 5) is 0. The molecular weight excluding hydrogens is 271 g/mol. The van der Waals surface area contributed by atoms with Crippen molar-refractivity contribution in [2.75, 3.05) is 6.66 Å². The summed E-state index contributed by atoms with van der Waals surface area (Å²) < 4.78 is 0. The maximum atomic E-state index is 2.49. The van der Waals surface area contributed by atoms with Crippen LogP contribution in [0.5, 0.6) is 0 Å². The minimum atomic E-state index is -1.32. The highest BCUT2D eigenvalue weighted by atomic mass is 31.2. The molecule has 0 atom stereocenters. The molecule has 0 nitrogen and oxygen atoms in total. The van der Waals surface area contributed by atoms with Crippen LogP contribution < -0.4 is 10.6 Å². The van der Waals surface area contributed by atoms with E-state index in [2.05, 4.69) is 85.5 Å². The highest BCUT2D eigenvalue weighted by Gasteiger charge is 2.46. The summed E-state index contributed by atoms with van der Waals surface area (Å²) in [6.45, 7) is 2.49. The van der Waals surface area contributed by atoms with Crippen LogP contribution in [0.4, 0.5) is 0 Å². The molecule has 0 aliphatic carbocycles. The SMILES string of the molecule is C[P+]1(Cc2ccccc2)c2ccccc2-c2ccccc21. The molecule has 1 heterocycles. The van der Waals surface area contributed by atoms with Crippen LogP contribution in [0.15, 0.2) is 78.9 Å². The lowest BCUT2D eigenvalue weighted by Gasteiger charge is -2.19. The summed E-state index contributed by atoms with van der Waals surface area (Å²) in [6, 6.07) is 28.9. The van der Waals surface area contributed by atoms with Crippen LogP contribution in [0.2, 0.25) is 0 Å². The zero-order valence-corrected chi connectivity index (χ0v) is 13.1. The molecule has 0 unspecified atom stereocenters. The molecule has 0 amide bonds. The zero-order valence-electron chi connectivity index (χ0n) is 12.2. The molecule has 0 bridgehead atoms. The lowest BCUT2D eigenvalue weighted by Crippen LogP contribution is -2.17. The average Bonchev–Trinajstić information content (AvgIpc) is 2.79. The van der Waals surface area contributed by atoms with Gasteiger partial charge in [0.15, 0.2) is 0 Å². The maximum absolute atomic E-state index is 2.49. The van der Waals surface area contributed by atoms with Gasteiger partial charge >= 0.3 is 0 Å². The minimum absolute atomic E-state index is 1.15. The van der Waals surface area contributed by atoms with E-state index in [0.29, 0.717) is 0 Å². The standard InChI is InChI=1S/C20H18P/c1-21(15-16-9-3-2-4-10-16)19-13-7-5-11-17(19)18-12-6-8-14-20(18)21/h2-14H,15H2,1H3/q+1. The van der Waals surface area contributed by atoms with Gasteiger partial charge in [0.2, 0.25) is 0 Å². The van der Waals surface area contributed by atoms with Crippen molar-refractivity contribution in [2.24, 2.45) is 0 Å². The highest BCUT2D eigenvalue weighted by Crippen LogP contribution is 2.62. The maximum Gasteiger partial charge on any atom is 0.107 e. The van der Waals surface area contributed by atoms with E-state index >= 15 is 0 Å². The second kappa shape index (κ2) is 4.83. The Hall–Kier alpha value is -1.91. The Labute approximate surface area is 126 Å². The fraction of sp³-hybridized carbons (Fsp3) is 0.100. The normalized spacial score (nSPS) is 14.5. The second-order valence-corrected chi connectivity index (χ2v) is 9.53. The highest BCUT2D eigenvalue weighted by molar-refractivity contribution is 7.89. The summed E-state index contributed by atoms with van der Waals surface area (Å²) in [6.07, 6.45) is 1.15. The Morgan fingerprint density at radius 3 is 1.67 bits per heavy atom. The Morgan fingerprint density at radius 1 is 0.619 bits per heavy atom. The van der Waals surface area contributed by atoms with E-state index in [1.54, 1.807) is 10.6 Å². The predicted molar refractivity (Wildman–Crippen MR) is 94.1 cm³/mol. The van der Waals surface area contributed by atoms with Crippen LogP contribution in [-0.2, 0) is 6.16 Å². The Morgan fingerprint density at radius 2 is 1.10 bits per heavy atom. The molecule has 1 heteroatoms. The van der Waals surface area contributed by atoms with Gasteiger partial charge in [0, 0.05) is 11.1 Å². The van der Waals surface area contributed by atoms with Crippen LogP contribution in [0, 0.1) is 0 Å². The van der Waals surface area contributed by atoms with Crippen molar-refractivity contribution in [1.82, 2.24) is 0 Å². The largest absolute Gasteiger partial charge is 0.107 e. The van der Waals surface area contributed by atoms with E-state index in [0.717, 1.165) is 6.16 Å². The zero-order chi connectivity index (χ0) is 14.3. The van der Waals surface area contributed by atoms with E-state index in [4.69, 9.17) is 0 Å². The summed E-state index contributed by atoms with van der Waals surface area (Å²) in [5.74, 6) is 0. The molecule has 0 fully saturated rings. The molecule has 0 spiro atoms. The Bertz CT molecular complexity index is 744. The van der Waals surface area contributed by atoms with E-state index in [-0.39, 0.29) is 0 Å². The van der Waals surface area contributed by atoms with Gasteiger partial charge in [0.1, 0.15) is 10.6 Å². The molecule has 0 radical (unpaired) electrons. The number of rotatable bonds is 2. The third-order valence-corrected chi connectivity index (χ3v) is 8.41. The molecule has 0 saturated carbocycles. The van der Waals surface area contributed by atoms with Crippen LogP contribution in [0.25, 0.3) is 11.1 Å². The molecule has 4 rings (SSSR count). The molecule has 0 aromatic heterocycles. The van der Waals surface area contributed by atoms with Gasteiger partial charge in [0.25, 0.3) is 0 Å². The van der Waals surface area contributed by atoms with E-state index < -0.39 is 7.26 Å². The Balaban J connectivity index is 1.92. The monoisotopic (exact) mass is 289 g/mol. The summed E-state index contributed by atoms with van der Waals surface area (Å²) in [5, 5.41) is 3.13. The van der Waals surface area contributed by atoms with Crippen molar-refractivity contribution < 1.29 is 0 Å². The van der Waals surface area contributed by atoms with Crippen molar-refractivity contribution in [1.29, 1.82) is 0 Å². The first-order valence-electron chi connectivity index (χ1n) is 7.38. The lowest BCUT2D eigenvalue weighted by molar-refractivity contribution is 1.39.